The van der Waals surface area contributed by atoms with Gasteiger partial charge in [-0.15, -0.1) is 0 Å². The van der Waals surface area contributed by atoms with Crippen molar-refractivity contribution in [1.29, 1.82) is 0 Å². The molecule has 1 N–H and O–H groups in total. The predicted octanol–water partition coefficient (Wildman–Crippen LogP) is 3.13. The van der Waals surface area contributed by atoms with Crippen LogP contribution in [-0.2, 0) is 4.74 Å². The molecule has 4 bridgehead atoms. The van der Waals surface area contributed by atoms with Gasteiger partial charge in [-0.25, -0.2) is 0 Å². The van der Waals surface area contributed by atoms with E-state index < -0.39 is 0 Å². The van der Waals surface area contributed by atoms with Gasteiger partial charge in [-0.1, -0.05) is 13.3 Å². The number of hydrogen-bond donors (Lipinski definition) is 1. The highest BCUT2D eigenvalue weighted by Gasteiger charge is 2.57. The van der Waals surface area contributed by atoms with Gasteiger partial charge in [0.2, 0.25) is 0 Å². The number of ether oxygens (including phenoxy) is 1. The van der Waals surface area contributed by atoms with Gasteiger partial charge in [0.1, 0.15) is 0 Å². The van der Waals surface area contributed by atoms with Gasteiger partial charge >= 0.3 is 0 Å². The fourth-order valence-corrected chi connectivity index (χ4v) is 5.30. The summed E-state index contributed by atoms with van der Waals surface area (Å²) in [6, 6.07) is 0. The van der Waals surface area contributed by atoms with Crippen LogP contribution in [0.3, 0.4) is 0 Å². The molecular weight excluding hydrogens is 212 g/mol. The Morgan fingerprint density at radius 3 is 2.47 bits per heavy atom. The van der Waals surface area contributed by atoms with Gasteiger partial charge in [0.25, 0.3) is 0 Å². The average molecular weight is 238 g/mol. The molecule has 0 aromatic carbocycles. The highest BCUT2D eigenvalue weighted by Crippen LogP contribution is 2.63. The van der Waals surface area contributed by atoms with E-state index in [1.54, 1.807) is 0 Å². The first-order valence-corrected chi connectivity index (χ1v) is 7.44. The summed E-state index contributed by atoms with van der Waals surface area (Å²) >= 11 is 0. The van der Waals surface area contributed by atoms with Crippen LogP contribution in [0.15, 0.2) is 0 Å². The normalized spacial score (nSPS) is 47.6. The Hall–Kier alpha value is -0.0800. The molecule has 0 amide bonds. The van der Waals surface area contributed by atoms with Crippen molar-refractivity contribution in [3.8, 4) is 0 Å². The quantitative estimate of drug-likeness (QED) is 0.746. The second-order valence-corrected chi connectivity index (χ2v) is 6.92. The van der Waals surface area contributed by atoms with E-state index in [2.05, 4.69) is 6.92 Å². The lowest BCUT2D eigenvalue weighted by molar-refractivity contribution is -0.194. The van der Waals surface area contributed by atoms with E-state index in [1.165, 1.54) is 44.9 Å². The van der Waals surface area contributed by atoms with Crippen LogP contribution in [0.1, 0.15) is 58.3 Å². The minimum absolute atomic E-state index is 0.204. The van der Waals surface area contributed by atoms with E-state index in [0.29, 0.717) is 5.41 Å². The van der Waals surface area contributed by atoms with Crippen molar-refractivity contribution in [3.05, 3.63) is 0 Å². The third-order valence-corrected chi connectivity index (χ3v) is 5.59. The third-order valence-electron chi connectivity index (χ3n) is 5.59. The Labute approximate surface area is 105 Å². The molecule has 0 saturated heterocycles. The van der Waals surface area contributed by atoms with Gasteiger partial charge in [-0.2, -0.15) is 0 Å². The van der Waals surface area contributed by atoms with Crippen LogP contribution in [0.2, 0.25) is 0 Å². The lowest BCUT2D eigenvalue weighted by Gasteiger charge is -2.61. The van der Waals surface area contributed by atoms with Crippen LogP contribution in [0.4, 0.5) is 0 Å². The maximum absolute atomic E-state index is 8.90. The Kier molecular flexibility index (Phi) is 2.99. The summed E-state index contributed by atoms with van der Waals surface area (Å²) in [5.74, 6) is 1.87. The Morgan fingerprint density at radius 1 is 1.18 bits per heavy atom. The van der Waals surface area contributed by atoms with Crippen molar-refractivity contribution < 1.29 is 9.84 Å². The first kappa shape index (κ1) is 12.0. The standard InChI is InChI=1S/C15H26O2/c1-2-14-7-12-6-13(8-14)10-15(9-12,11-14)17-5-3-4-16/h12-13,16H,2-11H2,1H3/t12-,13-,14?,15?/m1/s1. The largest absolute Gasteiger partial charge is 0.396 e. The van der Waals surface area contributed by atoms with Crippen LogP contribution in [-0.4, -0.2) is 23.9 Å². The molecule has 0 aliphatic heterocycles. The maximum atomic E-state index is 8.90. The highest BCUT2D eigenvalue weighted by molar-refractivity contribution is 5.08. The number of hydrogen-bond acceptors (Lipinski definition) is 2. The predicted molar refractivity (Wildman–Crippen MR) is 67.8 cm³/mol. The smallest absolute Gasteiger partial charge is 0.0693 e. The molecule has 2 nitrogen and oxygen atoms in total. The van der Waals surface area contributed by atoms with Gasteiger partial charge in [0.15, 0.2) is 0 Å². The van der Waals surface area contributed by atoms with Gasteiger partial charge < -0.3 is 9.84 Å². The average Bonchev–Trinajstić information content (AvgIpc) is 2.27. The Balaban J connectivity index is 1.73. The van der Waals surface area contributed by atoms with Crippen LogP contribution >= 0.6 is 0 Å². The summed E-state index contributed by atoms with van der Waals surface area (Å²) in [6.45, 7) is 3.39. The number of aliphatic hydroxyl groups is 1. The fourth-order valence-electron chi connectivity index (χ4n) is 5.30. The minimum Gasteiger partial charge on any atom is -0.396 e. The first-order chi connectivity index (χ1) is 8.19. The number of rotatable bonds is 5. The van der Waals surface area contributed by atoms with Crippen molar-refractivity contribution >= 4 is 0 Å². The molecule has 17 heavy (non-hydrogen) atoms. The first-order valence-electron chi connectivity index (χ1n) is 7.44. The summed E-state index contributed by atoms with van der Waals surface area (Å²) in [7, 11) is 0. The summed E-state index contributed by atoms with van der Waals surface area (Å²) in [6.07, 6.45) is 10.4. The van der Waals surface area contributed by atoms with Crippen LogP contribution < -0.4 is 0 Å². The molecule has 2 heteroatoms. The SMILES string of the molecule is CCC12C[C@H]3C[C@H](C1)CC(OCCCO)(C3)C2. The summed E-state index contributed by atoms with van der Waals surface area (Å²) in [5.41, 5.74) is 0.818. The molecule has 2 atom stereocenters. The van der Waals surface area contributed by atoms with Crippen LogP contribution in [0.5, 0.6) is 0 Å². The molecule has 0 unspecified atom stereocenters. The van der Waals surface area contributed by atoms with Gasteiger partial charge in [0, 0.05) is 13.2 Å². The van der Waals surface area contributed by atoms with Crippen molar-refractivity contribution in [2.24, 2.45) is 17.3 Å². The van der Waals surface area contributed by atoms with Gasteiger partial charge in [-0.3, -0.25) is 0 Å². The summed E-state index contributed by atoms with van der Waals surface area (Å²) < 4.78 is 6.25. The zero-order valence-corrected chi connectivity index (χ0v) is 11.1. The molecule has 4 rings (SSSR count). The van der Waals surface area contributed by atoms with E-state index in [9.17, 15) is 0 Å². The molecule has 0 aromatic rings. The molecule has 4 aliphatic rings. The zero-order chi connectivity index (χ0) is 11.9. The molecule has 4 saturated carbocycles. The molecule has 0 heterocycles. The second-order valence-electron chi connectivity index (χ2n) is 6.92. The van der Waals surface area contributed by atoms with E-state index >= 15 is 0 Å². The Morgan fingerprint density at radius 2 is 1.88 bits per heavy atom. The van der Waals surface area contributed by atoms with Gasteiger partial charge in [-0.05, 0) is 62.2 Å². The number of aliphatic hydroxyl groups excluding tert-OH is 1. The van der Waals surface area contributed by atoms with Crippen molar-refractivity contribution in [2.45, 2.75) is 63.9 Å². The minimum atomic E-state index is 0.204. The fraction of sp³-hybridized carbons (Fsp3) is 1.00. The molecule has 98 valence electrons. The molecular formula is C15H26O2. The molecule has 0 radical (unpaired) electrons. The monoisotopic (exact) mass is 238 g/mol. The molecule has 0 aromatic heterocycles. The third kappa shape index (κ3) is 2.04. The summed E-state index contributed by atoms with van der Waals surface area (Å²) in [5, 5.41) is 8.90. The highest BCUT2D eigenvalue weighted by atomic mass is 16.5. The van der Waals surface area contributed by atoms with E-state index in [-0.39, 0.29) is 12.2 Å². The molecule has 4 aliphatic carbocycles. The van der Waals surface area contributed by atoms with Gasteiger partial charge in [0.05, 0.1) is 5.60 Å². The van der Waals surface area contributed by atoms with E-state index in [4.69, 9.17) is 9.84 Å². The Bertz CT molecular complexity index is 273. The van der Waals surface area contributed by atoms with Crippen LogP contribution in [0, 0.1) is 17.3 Å². The van der Waals surface area contributed by atoms with E-state index in [0.717, 1.165) is 24.9 Å². The lowest BCUT2D eigenvalue weighted by atomic mass is 9.47. The summed E-state index contributed by atoms with van der Waals surface area (Å²) in [4.78, 5) is 0. The molecule has 4 fully saturated rings. The van der Waals surface area contributed by atoms with Crippen molar-refractivity contribution in [2.75, 3.05) is 13.2 Å². The second kappa shape index (κ2) is 4.24. The lowest BCUT2D eigenvalue weighted by Crippen LogP contribution is -2.56. The van der Waals surface area contributed by atoms with Crippen molar-refractivity contribution in [1.82, 2.24) is 0 Å². The van der Waals surface area contributed by atoms with E-state index in [1.807, 2.05) is 0 Å². The maximum Gasteiger partial charge on any atom is 0.0693 e. The topological polar surface area (TPSA) is 29.5 Å². The van der Waals surface area contributed by atoms with Crippen LogP contribution in [0.25, 0.3) is 0 Å². The zero-order valence-electron chi connectivity index (χ0n) is 11.1. The van der Waals surface area contributed by atoms with Crippen molar-refractivity contribution in [3.63, 3.8) is 0 Å². The molecule has 0 spiro atoms.